The fourth-order valence-electron chi connectivity index (χ4n) is 2.47. The van der Waals surface area contributed by atoms with Crippen LogP contribution in [-0.4, -0.2) is 36.2 Å². The molecule has 2 N–H and O–H groups in total. The number of aliphatic carboxylic acids is 1. The molecule has 1 aliphatic rings. The molecule has 19 heavy (non-hydrogen) atoms. The van der Waals surface area contributed by atoms with Crippen molar-refractivity contribution in [2.24, 2.45) is 5.16 Å². The number of fused-ring (bicyclic) bond motifs is 1. The van der Waals surface area contributed by atoms with Crippen molar-refractivity contribution in [3.63, 3.8) is 0 Å². The highest BCUT2D eigenvalue weighted by Crippen LogP contribution is 2.43. The summed E-state index contributed by atoms with van der Waals surface area (Å²) in [4.78, 5) is 10.9. The smallest absolute Gasteiger partial charge is 0.303 e. The quantitative estimate of drug-likeness (QED) is 0.640. The molecule has 102 valence electrons. The molecule has 1 unspecified atom stereocenters. The van der Waals surface area contributed by atoms with Gasteiger partial charge in [0.1, 0.15) is 11.5 Å². The zero-order valence-electron chi connectivity index (χ0n) is 10.7. The lowest BCUT2D eigenvalue weighted by atomic mass is 9.97. The van der Waals surface area contributed by atoms with E-state index in [-0.39, 0.29) is 12.3 Å². The first kappa shape index (κ1) is 13.2. The molecule has 1 aliphatic carbocycles. The molecule has 0 heterocycles. The molecule has 0 saturated heterocycles. The van der Waals surface area contributed by atoms with Crippen molar-refractivity contribution >= 4 is 11.7 Å². The number of carboxylic acid groups (broad SMARTS) is 1. The predicted molar refractivity (Wildman–Crippen MR) is 67.5 cm³/mol. The second-order valence-corrected chi connectivity index (χ2v) is 4.34. The predicted octanol–water partition coefficient (Wildman–Crippen LogP) is 1.84. The monoisotopic (exact) mass is 265 g/mol. The van der Waals surface area contributed by atoms with Gasteiger partial charge in [-0.05, 0) is 6.07 Å². The lowest BCUT2D eigenvalue weighted by Crippen LogP contribution is -2.05. The molecule has 1 atom stereocenters. The fraction of sp³-hybridized carbons (Fsp3) is 0.385. The van der Waals surface area contributed by atoms with E-state index in [1.807, 2.05) is 0 Å². The maximum absolute atomic E-state index is 10.9. The largest absolute Gasteiger partial charge is 0.497 e. The van der Waals surface area contributed by atoms with Crippen LogP contribution in [0, 0.1) is 0 Å². The van der Waals surface area contributed by atoms with Gasteiger partial charge in [0.25, 0.3) is 0 Å². The van der Waals surface area contributed by atoms with Crippen LogP contribution in [0.2, 0.25) is 0 Å². The van der Waals surface area contributed by atoms with Crippen LogP contribution in [0.1, 0.15) is 29.9 Å². The number of hydrogen-bond donors (Lipinski definition) is 2. The number of nitrogens with zero attached hydrogens (tertiary/aromatic N) is 1. The van der Waals surface area contributed by atoms with Crippen LogP contribution >= 0.6 is 0 Å². The van der Waals surface area contributed by atoms with Crippen LogP contribution in [0.4, 0.5) is 0 Å². The molecule has 2 rings (SSSR count). The van der Waals surface area contributed by atoms with Crippen molar-refractivity contribution in [2.45, 2.75) is 18.8 Å². The zero-order chi connectivity index (χ0) is 14.0. The summed E-state index contributed by atoms with van der Waals surface area (Å²) in [6.45, 7) is 0. The molecule has 0 aromatic heterocycles. The molecule has 6 nitrogen and oxygen atoms in total. The van der Waals surface area contributed by atoms with E-state index in [0.717, 1.165) is 5.56 Å². The highest BCUT2D eigenvalue weighted by atomic mass is 16.5. The molecule has 0 amide bonds. The summed E-state index contributed by atoms with van der Waals surface area (Å²) in [5.41, 5.74) is 1.90. The van der Waals surface area contributed by atoms with Crippen molar-refractivity contribution < 1.29 is 24.6 Å². The average Bonchev–Trinajstić information content (AvgIpc) is 2.75. The van der Waals surface area contributed by atoms with Crippen LogP contribution in [0.15, 0.2) is 17.3 Å². The van der Waals surface area contributed by atoms with Crippen molar-refractivity contribution in [1.82, 2.24) is 0 Å². The fourth-order valence-corrected chi connectivity index (χ4v) is 2.47. The molecular weight excluding hydrogens is 250 g/mol. The topological polar surface area (TPSA) is 88.4 Å². The molecule has 1 aromatic rings. The first-order chi connectivity index (χ1) is 9.10. The van der Waals surface area contributed by atoms with Gasteiger partial charge in [-0.3, -0.25) is 4.79 Å². The van der Waals surface area contributed by atoms with Crippen molar-refractivity contribution in [3.05, 3.63) is 23.3 Å². The molecule has 0 radical (unpaired) electrons. The summed E-state index contributed by atoms with van der Waals surface area (Å²) in [5, 5.41) is 21.3. The number of rotatable bonds is 4. The van der Waals surface area contributed by atoms with Gasteiger partial charge in [0, 0.05) is 29.5 Å². The summed E-state index contributed by atoms with van der Waals surface area (Å²) in [7, 11) is 3.04. The normalized spacial score (nSPS) is 19.3. The van der Waals surface area contributed by atoms with Gasteiger partial charge in [-0.25, -0.2) is 0 Å². The summed E-state index contributed by atoms with van der Waals surface area (Å²) in [5.74, 6) is -0.0146. The maximum atomic E-state index is 10.9. The Labute approximate surface area is 110 Å². The van der Waals surface area contributed by atoms with Gasteiger partial charge in [0.05, 0.1) is 26.4 Å². The lowest BCUT2D eigenvalue weighted by molar-refractivity contribution is -0.137. The Hall–Kier alpha value is -2.24. The SMILES string of the molecule is COc1cc(OC)c2c(c1)/C(=N\O)CC2CC(=O)O. The van der Waals surface area contributed by atoms with Crippen LogP contribution in [0.3, 0.4) is 0 Å². The number of oxime groups is 1. The molecule has 0 fully saturated rings. The highest BCUT2D eigenvalue weighted by Gasteiger charge is 2.33. The standard InChI is InChI=1S/C13H15NO5/c1-18-8-5-9-10(14-17)3-7(4-12(15)16)13(9)11(6-8)19-2/h5-7,17H,3-4H2,1-2H3,(H,15,16)/b14-10-. The van der Waals surface area contributed by atoms with E-state index in [0.29, 0.717) is 29.2 Å². The Kier molecular flexibility index (Phi) is 3.59. The van der Waals surface area contributed by atoms with Gasteiger partial charge < -0.3 is 19.8 Å². The van der Waals surface area contributed by atoms with E-state index in [2.05, 4.69) is 5.16 Å². The Balaban J connectivity index is 2.56. The third-order valence-electron chi connectivity index (χ3n) is 3.27. The number of carboxylic acids is 1. The van der Waals surface area contributed by atoms with Crippen LogP contribution < -0.4 is 9.47 Å². The van der Waals surface area contributed by atoms with E-state index >= 15 is 0 Å². The maximum Gasteiger partial charge on any atom is 0.303 e. The van der Waals surface area contributed by atoms with Crippen LogP contribution in [0.25, 0.3) is 0 Å². The van der Waals surface area contributed by atoms with E-state index in [9.17, 15) is 4.79 Å². The third-order valence-corrected chi connectivity index (χ3v) is 3.27. The van der Waals surface area contributed by atoms with Gasteiger partial charge >= 0.3 is 5.97 Å². The van der Waals surface area contributed by atoms with Gasteiger partial charge in [0.2, 0.25) is 0 Å². The second-order valence-electron chi connectivity index (χ2n) is 4.34. The van der Waals surface area contributed by atoms with Gasteiger partial charge in [-0.1, -0.05) is 5.16 Å². The van der Waals surface area contributed by atoms with E-state index in [1.54, 1.807) is 12.1 Å². The molecule has 6 heteroatoms. The highest BCUT2D eigenvalue weighted by molar-refractivity contribution is 6.06. The minimum absolute atomic E-state index is 0.0330. The van der Waals surface area contributed by atoms with E-state index in [4.69, 9.17) is 19.8 Å². The van der Waals surface area contributed by atoms with E-state index in [1.165, 1.54) is 14.2 Å². The Morgan fingerprint density at radius 2 is 2.16 bits per heavy atom. The number of methoxy groups -OCH3 is 2. The summed E-state index contributed by atoms with van der Waals surface area (Å²) in [6.07, 6.45) is 0.344. The van der Waals surface area contributed by atoms with Gasteiger partial charge in [-0.2, -0.15) is 0 Å². The minimum atomic E-state index is -0.895. The molecule has 0 saturated carbocycles. The van der Waals surface area contributed by atoms with Crippen molar-refractivity contribution in [2.75, 3.05) is 14.2 Å². The molecule has 0 spiro atoms. The van der Waals surface area contributed by atoms with Crippen molar-refractivity contribution in [1.29, 1.82) is 0 Å². The zero-order valence-corrected chi connectivity index (χ0v) is 10.7. The first-order valence-corrected chi connectivity index (χ1v) is 5.79. The van der Waals surface area contributed by atoms with Gasteiger partial charge in [-0.15, -0.1) is 0 Å². The lowest BCUT2D eigenvalue weighted by Gasteiger charge is -2.14. The Morgan fingerprint density at radius 3 is 2.68 bits per heavy atom. The van der Waals surface area contributed by atoms with Crippen LogP contribution in [0.5, 0.6) is 11.5 Å². The van der Waals surface area contributed by atoms with E-state index < -0.39 is 5.97 Å². The first-order valence-electron chi connectivity index (χ1n) is 5.79. The molecular formula is C13H15NO5. The summed E-state index contributed by atoms with van der Waals surface area (Å²) < 4.78 is 10.5. The Bertz CT molecular complexity index is 538. The van der Waals surface area contributed by atoms with Crippen molar-refractivity contribution in [3.8, 4) is 11.5 Å². The minimum Gasteiger partial charge on any atom is -0.497 e. The molecule has 1 aromatic carbocycles. The van der Waals surface area contributed by atoms with Crippen LogP contribution in [-0.2, 0) is 4.79 Å². The Morgan fingerprint density at radius 1 is 1.42 bits per heavy atom. The molecule has 0 aliphatic heterocycles. The number of carbonyl (C=O) groups is 1. The van der Waals surface area contributed by atoms with Gasteiger partial charge in [0.15, 0.2) is 0 Å². The summed E-state index contributed by atoms with van der Waals surface area (Å²) >= 11 is 0. The third kappa shape index (κ3) is 2.33. The summed E-state index contributed by atoms with van der Waals surface area (Å²) in [6, 6.07) is 3.43. The average molecular weight is 265 g/mol. The second kappa shape index (κ2) is 5.17. The number of hydrogen-bond acceptors (Lipinski definition) is 5. The molecule has 0 bridgehead atoms. The number of ether oxygens (including phenoxy) is 2. The number of benzene rings is 1.